The van der Waals surface area contributed by atoms with E-state index in [1.165, 1.54) is 0 Å². The summed E-state index contributed by atoms with van der Waals surface area (Å²) < 4.78 is 10.1. The average Bonchev–Trinajstić information content (AvgIpc) is 2.64. The van der Waals surface area contributed by atoms with Crippen molar-refractivity contribution in [2.24, 2.45) is 5.92 Å². The van der Waals surface area contributed by atoms with Gasteiger partial charge in [0.25, 0.3) is 5.22 Å². The number of carboxylic acids is 1. The van der Waals surface area contributed by atoms with Gasteiger partial charge in [0.15, 0.2) is 0 Å². The second kappa shape index (κ2) is 5.86. The molecule has 0 spiro atoms. The highest BCUT2D eigenvalue weighted by Gasteiger charge is 2.21. The summed E-state index contributed by atoms with van der Waals surface area (Å²) in [4.78, 5) is 14.4. The minimum atomic E-state index is -0.920. The second-order valence-electron chi connectivity index (χ2n) is 3.50. The van der Waals surface area contributed by atoms with Crippen LogP contribution in [0, 0.1) is 5.92 Å². The topological polar surface area (TPSA) is 85.5 Å². The molecule has 0 amide bonds. The molecule has 1 heterocycles. The van der Waals surface area contributed by atoms with Crippen molar-refractivity contribution < 1.29 is 19.2 Å². The minimum Gasteiger partial charge on any atom is -0.481 e. The van der Waals surface area contributed by atoms with Crippen LogP contribution < -0.4 is 0 Å². The quantitative estimate of drug-likeness (QED) is 0.763. The lowest BCUT2D eigenvalue weighted by Crippen LogP contribution is -2.10. The van der Waals surface area contributed by atoms with Gasteiger partial charge in [-0.05, 0) is 5.92 Å². The smallest absolute Gasteiger partial charge is 0.314 e. The monoisotopic (exact) mass is 246 g/mol. The molecule has 1 atom stereocenters. The second-order valence-corrected chi connectivity index (χ2v) is 4.43. The number of hydrogen-bond acceptors (Lipinski definition) is 6. The largest absolute Gasteiger partial charge is 0.481 e. The maximum atomic E-state index is 10.3. The van der Waals surface area contributed by atoms with E-state index in [0.29, 0.717) is 5.82 Å². The van der Waals surface area contributed by atoms with E-state index in [1.54, 1.807) is 7.11 Å². The van der Waals surface area contributed by atoms with Crippen molar-refractivity contribution in [3.05, 3.63) is 5.82 Å². The van der Waals surface area contributed by atoms with E-state index in [9.17, 15) is 4.79 Å². The molecule has 90 valence electrons. The zero-order valence-corrected chi connectivity index (χ0v) is 10.2. The Labute approximate surface area is 97.4 Å². The Morgan fingerprint density at radius 1 is 1.62 bits per heavy atom. The molecule has 1 N–H and O–H groups in total. The Kier molecular flexibility index (Phi) is 4.75. The summed E-state index contributed by atoms with van der Waals surface area (Å²) in [5.41, 5.74) is 0. The number of carbonyl (C=O) groups is 1. The number of aromatic nitrogens is 2. The third-order valence-corrected chi connectivity index (χ3v) is 2.66. The predicted molar refractivity (Wildman–Crippen MR) is 57.2 cm³/mol. The number of nitrogens with zero attached hydrogens (tertiary/aromatic N) is 2. The molecular formula is C9H14N2O4S. The van der Waals surface area contributed by atoms with Crippen LogP contribution in [0.25, 0.3) is 0 Å². The molecule has 1 aromatic heterocycles. The molecule has 0 radical (unpaired) electrons. The normalized spacial score (nSPS) is 13.0. The van der Waals surface area contributed by atoms with E-state index in [0.717, 1.165) is 11.8 Å². The van der Waals surface area contributed by atoms with E-state index in [1.807, 2.05) is 13.8 Å². The van der Waals surface area contributed by atoms with Gasteiger partial charge in [0.05, 0.1) is 0 Å². The summed E-state index contributed by atoms with van der Waals surface area (Å²) in [6, 6.07) is 0. The van der Waals surface area contributed by atoms with E-state index < -0.39 is 5.97 Å². The third-order valence-electron chi connectivity index (χ3n) is 1.86. The molecule has 0 aliphatic carbocycles. The number of rotatable bonds is 6. The van der Waals surface area contributed by atoms with Crippen LogP contribution >= 0.6 is 11.8 Å². The first kappa shape index (κ1) is 13.0. The van der Waals surface area contributed by atoms with Crippen LogP contribution in [0.4, 0.5) is 0 Å². The Morgan fingerprint density at radius 3 is 2.81 bits per heavy atom. The van der Waals surface area contributed by atoms with Crippen LogP contribution in [0.3, 0.4) is 0 Å². The number of thioether (sulfide) groups is 1. The van der Waals surface area contributed by atoms with Gasteiger partial charge in [-0.2, -0.15) is 4.98 Å². The molecule has 6 nitrogen and oxygen atoms in total. The van der Waals surface area contributed by atoms with Crippen molar-refractivity contribution >= 4 is 17.7 Å². The van der Waals surface area contributed by atoms with Gasteiger partial charge in [-0.3, -0.25) is 4.79 Å². The Hall–Kier alpha value is -1.08. The lowest BCUT2D eigenvalue weighted by molar-refractivity contribution is -0.133. The fourth-order valence-electron chi connectivity index (χ4n) is 1.19. The van der Waals surface area contributed by atoms with Gasteiger partial charge in [-0.1, -0.05) is 30.8 Å². The fourth-order valence-corrected chi connectivity index (χ4v) is 1.69. The number of carboxylic acid groups (broad SMARTS) is 1. The summed E-state index contributed by atoms with van der Waals surface area (Å²) in [6.45, 7) is 3.96. The lowest BCUT2D eigenvalue weighted by Gasteiger charge is -2.14. The lowest BCUT2D eigenvalue weighted by atomic mass is 10.1. The van der Waals surface area contributed by atoms with Crippen LogP contribution in [-0.2, 0) is 9.53 Å². The summed E-state index contributed by atoms with van der Waals surface area (Å²) in [5.74, 6) is -0.344. The Balaban J connectivity index is 2.66. The molecule has 0 saturated heterocycles. The molecule has 0 saturated carbocycles. The van der Waals surface area contributed by atoms with E-state index in [4.69, 9.17) is 14.4 Å². The molecule has 1 aromatic rings. The highest BCUT2D eigenvalue weighted by Crippen LogP contribution is 2.24. The zero-order chi connectivity index (χ0) is 12.1. The van der Waals surface area contributed by atoms with Crippen LogP contribution in [0.2, 0.25) is 0 Å². The van der Waals surface area contributed by atoms with Crippen molar-refractivity contribution in [1.29, 1.82) is 0 Å². The SMILES string of the molecule is COC(c1noc(SCC(=O)O)n1)C(C)C. The first-order valence-corrected chi connectivity index (χ1v) is 5.74. The van der Waals surface area contributed by atoms with Crippen molar-refractivity contribution in [2.75, 3.05) is 12.9 Å². The van der Waals surface area contributed by atoms with E-state index in [-0.39, 0.29) is 23.0 Å². The van der Waals surface area contributed by atoms with E-state index in [2.05, 4.69) is 10.1 Å². The molecule has 0 aliphatic rings. The molecule has 16 heavy (non-hydrogen) atoms. The van der Waals surface area contributed by atoms with Gasteiger partial charge in [0, 0.05) is 7.11 Å². The fraction of sp³-hybridized carbons (Fsp3) is 0.667. The number of ether oxygens (including phenoxy) is 1. The van der Waals surface area contributed by atoms with Crippen LogP contribution in [0.1, 0.15) is 25.8 Å². The van der Waals surface area contributed by atoms with Gasteiger partial charge in [0.1, 0.15) is 11.9 Å². The molecule has 0 aromatic carbocycles. The maximum Gasteiger partial charge on any atom is 0.314 e. The Morgan fingerprint density at radius 2 is 2.31 bits per heavy atom. The van der Waals surface area contributed by atoms with E-state index >= 15 is 0 Å². The molecular weight excluding hydrogens is 232 g/mol. The van der Waals surface area contributed by atoms with Crippen LogP contribution in [-0.4, -0.2) is 34.1 Å². The van der Waals surface area contributed by atoms with Crippen LogP contribution in [0.5, 0.6) is 0 Å². The van der Waals surface area contributed by atoms with Crippen molar-refractivity contribution in [1.82, 2.24) is 10.1 Å². The predicted octanol–water partition coefficient (Wildman–Crippen LogP) is 1.59. The molecule has 0 bridgehead atoms. The van der Waals surface area contributed by atoms with Crippen molar-refractivity contribution in [3.8, 4) is 0 Å². The third kappa shape index (κ3) is 3.49. The summed E-state index contributed by atoms with van der Waals surface area (Å²) in [7, 11) is 1.57. The van der Waals surface area contributed by atoms with Crippen molar-refractivity contribution in [2.45, 2.75) is 25.2 Å². The van der Waals surface area contributed by atoms with Gasteiger partial charge in [-0.15, -0.1) is 0 Å². The number of hydrogen-bond donors (Lipinski definition) is 1. The summed E-state index contributed by atoms with van der Waals surface area (Å²) >= 11 is 0.994. The highest BCUT2D eigenvalue weighted by atomic mass is 32.2. The highest BCUT2D eigenvalue weighted by molar-refractivity contribution is 7.99. The summed E-state index contributed by atoms with van der Waals surface area (Å²) in [6.07, 6.45) is -0.233. The molecule has 1 rings (SSSR count). The minimum absolute atomic E-state index is 0.0963. The number of methoxy groups -OCH3 is 1. The van der Waals surface area contributed by atoms with Crippen molar-refractivity contribution in [3.63, 3.8) is 0 Å². The molecule has 0 aliphatic heterocycles. The number of aliphatic carboxylic acids is 1. The molecule has 7 heteroatoms. The summed E-state index contributed by atoms with van der Waals surface area (Å²) in [5, 5.41) is 12.5. The first-order chi connectivity index (χ1) is 7.54. The molecule has 1 unspecified atom stereocenters. The molecule has 0 fully saturated rings. The average molecular weight is 246 g/mol. The van der Waals surface area contributed by atoms with Gasteiger partial charge >= 0.3 is 5.97 Å². The van der Waals surface area contributed by atoms with Gasteiger partial charge in [-0.25, -0.2) is 0 Å². The van der Waals surface area contributed by atoms with Crippen LogP contribution in [0.15, 0.2) is 9.75 Å². The van der Waals surface area contributed by atoms with Gasteiger partial charge < -0.3 is 14.4 Å². The van der Waals surface area contributed by atoms with Gasteiger partial charge in [0.2, 0.25) is 5.82 Å². The maximum absolute atomic E-state index is 10.3. The standard InChI is InChI=1S/C9H14N2O4S/c1-5(2)7(14-3)8-10-9(15-11-8)16-4-6(12)13/h5,7H,4H2,1-3H3,(H,12,13). The Bertz CT molecular complexity index is 353. The zero-order valence-electron chi connectivity index (χ0n) is 9.34. The first-order valence-electron chi connectivity index (χ1n) is 4.75.